The van der Waals surface area contributed by atoms with E-state index < -0.39 is 0 Å². The molecule has 0 saturated carbocycles. The van der Waals surface area contributed by atoms with Crippen molar-refractivity contribution in [2.45, 2.75) is 26.2 Å². The van der Waals surface area contributed by atoms with Crippen LogP contribution in [0.4, 0.5) is 0 Å². The van der Waals surface area contributed by atoms with Crippen molar-refractivity contribution in [3.63, 3.8) is 0 Å². The minimum Gasteiger partial charge on any atom is -0.303 e. The van der Waals surface area contributed by atoms with Gasteiger partial charge in [-0.25, -0.2) is 0 Å². The molecule has 0 spiro atoms. The molecule has 0 fully saturated rings. The zero-order valence-electron chi connectivity index (χ0n) is 5.39. The van der Waals surface area contributed by atoms with Crippen LogP contribution in [-0.4, -0.2) is 6.29 Å². The highest BCUT2D eigenvalue weighted by atomic mass is 16.1. The molecule has 1 unspecified atom stereocenters. The number of carbonyl (C=O) groups excluding carboxylic acids is 1. The van der Waals surface area contributed by atoms with Crippen LogP contribution in [0.2, 0.25) is 0 Å². The maximum atomic E-state index is 10.1. The maximum Gasteiger partial charge on any atom is 0.123 e. The first-order valence-electron chi connectivity index (χ1n) is 3.09. The van der Waals surface area contributed by atoms with Gasteiger partial charge in [0.2, 0.25) is 0 Å². The SMILES string of the molecule is [CH2]CC(C=O)CCC. The van der Waals surface area contributed by atoms with Gasteiger partial charge in [-0.2, -0.15) is 0 Å². The van der Waals surface area contributed by atoms with E-state index in [-0.39, 0.29) is 5.92 Å². The van der Waals surface area contributed by atoms with Gasteiger partial charge in [-0.1, -0.05) is 20.3 Å². The van der Waals surface area contributed by atoms with Gasteiger partial charge in [-0.15, -0.1) is 0 Å². The molecule has 0 aromatic heterocycles. The molecule has 0 aliphatic carbocycles. The van der Waals surface area contributed by atoms with Crippen LogP contribution in [0.25, 0.3) is 0 Å². The molecule has 0 aliphatic heterocycles. The lowest BCUT2D eigenvalue weighted by molar-refractivity contribution is -0.111. The smallest absolute Gasteiger partial charge is 0.123 e. The first kappa shape index (κ1) is 7.67. The summed E-state index contributed by atoms with van der Waals surface area (Å²) in [5.74, 6) is 0.208. The van der Waals surface area contributed by atoms with Crippen molar-refractivity contribution in [3.8, 4) is 0 Å². The van der Waals surface area contributed by atoms with Gasteiger partial charge in [-0.3, -0.25) is 0 Å². The predicted molar refractivity (Wildman–Crippen MR) is 34.4 cm³/mol. The number of hydrogen-bond donors (Lipinski definition) is 0. The number of rotatable bonds is 4. The summed E-state index contributed by atoms with van der Waals surface area (Å²) in [7, 11) is 0. The van der Waals surface area contributed by atoms with E-state index in [1.54, 1.807) is 0 Å². The van der Waals surface area contributed by atoms with E-state index in [0.717, 1.165) is 25.5 Å². The van der Waals surface area contributed by atoms with Crippen LogP contribution in [0.1, 0.15) is 26.2 Å². The minimum absolute atomic E-state index is 0.208. The average molecular weight is 113 g/mol. The summed E-state index contributed by atoms with van der Waals surface area (Å²) < 4.78 is 0. The molecule has 8 heavy (non-hydrogen) atoms. The van der Waals surface area contributed by atoms with Crippen LogP contribution in [0, 0.1) is 12.8 Å². The van der Waals surface area contributed by atoms with E-state index in [0.29, 0.717) is 0 Å². The fourth-order valence-corrected chi connectivity index (χ4v) is 0.651. The molecule has 0 rings (SSSR count). The molecule has 1 atom stereocenters. The van der Waals surface area contributed by atoms with Crippen molar-refractivity contribution < 1.29 is 4.79 Å². The van der Waals surface area contributed by atoms with Gasteiger partial charge in [0.25, 0.3) is 0 Å². The number of hydrogen-bond acceptors (Lipinski definition) is 1. The average Bonchev–Trinajstić information content (AvgIpc) is 1.83. The molecule has 0 aliphatic rings. The Bertz CT molecular complexity index is 59.4. The highest BCUT2D eigenvalue weighted by Crippen LogP contribution is 2.05. The molecule has 0 N–H and O–H groups in total. The van der Waals surface area contributed by atoms with Gasteiger partial charge < -0.3 is 4.79 Å². The Morgan fingerprint density at radius 3 is 2.50 bits per heavy atom. The van der Waals surface area contributed by atoms with Crippen molar-refractivity contribution >= 4 is 6.29 Å². The van der Waals surface area contributed by atoms with Crippen molar-refractivity contribution in [3.05, 3.63) is 6.92 Å². The first-order chi connectivity index (χ1) is 3.85. The van der Waals surface area contributed by atoms with Crippen LogP contribution >= 0.6 is 0 Å². The fourth-order valence-electron chi connectivity index (χ4n) is 0.651. The molecule has 0 amide bonds. The molecular weight excluding hydrogens is 100 g/mol. The van der Waals surface area contributed by atoms with Crippen LogP contribution < -0.4 is 0 Å². The second kappa shape index (κ2) is 4.82. The molecule has 1 heteroatoms. The lowest BCUT2D eigenvalue weighted by Crippen LogP contribution is -1.97. The monoisotopic (exact) mass is 113 g/mol. The van der Waals surface area contributed by atoms with Crippen LogP contribution in [-0.2, 0) is 4.79 Å². The third-order valence-corrected chi connectivity index (χ3v) is 1.22. The number of carbonyl (C=O) groups is 1. The standard InChI is InChI=1S/C7H13O/c1-3-5-7(4-2)6-8/h6-7H,2-5H2,1H3. The third kappa shape index (κ3) is 2.78. The Labute approximate surface area is 51.1 Å². The zero-order chi connectivity index (χ0) is 6.41. The molecule has 1 radical (unpaired) electrons. The Kier molecular flexibility index (Phi) is 4.62. The molecule has 0 aromatic carbocycles. The predicted octanol–water partition coefficient (Wildman–Crippen LogP) is 1.83. The lowest BCUT2D eigenvalue weighted by Gasteiger charge is -2.01. The molecular formula is C7H13O. The third-order valence-electron chi connectivity index (χ3n) is 1.22. The molecule has 0 saturated heterocycles. The summed E-state index contributed by atoms with van der Waals surface area (Å²) in [5, 5.41) is 0. The van der Waals surface area contributed by atoms with E-state index in [9.17, 15) is 4.79 Å². The van der Waals surface area contributed by atoms with E-state index in [4.69, 9.17) is 0 Å². The van der Waals surface area contributed by atoms with Crippen molar-refractivity contribution in [1.82, 2.24) is 0 Å². The van der Waals surface area contributed by atoms with E-state index >= 15 is 0 Å². The Morgan fingerprint density at radius 2 is 2.38 bits per heavy atom. The van der Waals surface area contributed by atoms with Crippen LogP contribution in [0.5, 0.6) is 0 Å². The highest BCUT2D eigenvalue weighted by molar-refractivity contribution is 5.53. The molecule has 0 heterocycles. The molecule has 47 valence electrons. The molecule has 1 nitrogen and oxygen atoms in total. The summed E-state index contributed by atoms with van der Waals surface area (Å²) in [5.41, 5.74) is 0. The van der Waals surface area contributed by atoms with E-state index in [1.165, 1.54) is 0 Å². The summed E-state index contributed by atoms with van der Waals surface area (Å²) in [6.45, 7) is 5.72. The second-order valence-corrected chi connectivity index (χ2v) is 1.97. The lowest BCUT2D eigenvalue weighted by atomic mass is 10.0. The summed E-state index contributed by atoms with van der Waals surface area (Å²) in [6.07, 6.45) is 3.82. The molecule has 0 aromatic rings. The van der Waals surface area contributed by atoms with Crippen LogP contribution in [0.15, 0.2) is 0 Å². The Morgan fingerprint density at radius 1 is 1.75 bits per heavy atom. The van der Waals surface area contributed by atoms with Crippen molar-refractivity contribution in [2.75, 3.05) is 0 Å². The Hall–Kier alpha value is -0.330. The van der Waals surface area contributed by atoms with Gasteiger partial charge in [0.05, 0.1) is 0 Å². The minimum atomic E-state index is 0.208. The summed E-state index contributed by atoms with van der Waals surface area (Å²) >= 11 is 0. The van der Waals surface area contributed by atoms with E-state index in [1.807, 2.05) is 0 Å². The van der Waals surface area contributed by atoms with Gasteiger partial charge in [0.1, 0.15) is 6.29 Å². The summed E-state index contributed by atoms with van der Waals surface area (Å²) in [6, 6.07) is 0. The quantitative estimate of drug-likeness (QED) is 0.508. The molecule has 0 bridgehead atoms. The van der Waals surface area contributed by atoms with Gasteiger partial charge >= 0.3 is 0 Å². The first-order valence-corrected chi connectivity index (χ1v) is 3.09. The summed E-state index contributed by atoms with van der Waals surface area (Å²) in [4.78, 5) is 10.1. The van der Waals surface area contributed by atoms with Crippen LogP contribution in [0.3, 0.4) is 0 Å². The van der Waals surface area contributed by atoms with Gasteiger partial charge in [0, 0.05) is 5.92 Å². The normalized spacial score (nSPS) is 13.2. The topological polar surface area (TPSA) is 17.1 Å². The maximum absolute atomic E-state index is 10.1. The highest BCUT2D eigenvalue weighted by Gasteiger charge is 1.99. The second-order valence-electron chi connectivity index (χ2n) is 1.97. The largest absolute Gasteiger partial charge is 0.303 e. The zero-order valence-corrected chi connectivity index (χ0v) is 5.39. The van der Waals surface area contributed by atoms with Crippen molar-refractivity contribution in [2.24, 2.45) is 5.92 Å². The Balaban J connectivity index is 3.21. The fraction of sp³-hybridized carbons (Fsp3) is 0.714. The van der Waals surface area contributed by atoms with Gasteiger partial charge in [0.15, 0.2) is 0 Å². The van der Waals surface area contributed by atoms with E-state index in [2.05, 4.69) is 13.8 Å². The van der Waals surface area contributed by atoms with Gasteiger partial charge in [-0.05, 0) is 12.8 Å². The van der Waals surface area contributed by atoms with Crippen molar-refractivity contribution in [1.29, 1.82) is 0 Å². The number of aldehydes is 1.